The number of hydrogen-bond acceptors (Lipinski definition) is 9. The number of fused-ring (bicyclic) bond motifs is 1. The average Bonchev–Trinajstić information content (AvgIpc) is 3.27. The first-order chi connectivity index (χ1) is 15.7. The number of rotatable bonds is 7. The molecule has 3 atom stereocenters. The van der Waals surface area contributed by atoms with Crippen LogP contribution in [0.15, 0.2) is 43.6 Å². The van der Waals surface area contributed by atoms with Crippen LogP contribution in [0.4, 0.5) is 4.79 Å². The van der Waals surface area contributed by atoms with Gasteiger partial charge in [0.1, 0.15) is 0 Å². The minimum Gasteiger partial charge on any atom is -0.543 e. The van der Waals surface area contributed by atoms with Gasteiger partial charge in [-0.1, -0.05) is 24.3 Å². The van der Waals surface area contributed by atoms with E-state index in [0.29, 0.717) is 17.6 Å². The van der Waals surface area contributed by atoms with E-state index < -0.39 is 41.9 Å². The van der Waals surface area contributed by atoms with E-state index in [1.54, 1.807) is 24.3 Å². The molecule has 2 N–H and O–H groups in total. The summed E-state index contributed by atoms with van der Waals surface area (Å²) in [5.74, 6) is -3.03. The molecule has 0 aliphatic carbocycles. The Labute approximate surface area is 215 Å². The van der Waals surface area contributed by atoms with Gasteiger partial charge in [0.25, 0.3) is 0 Å². The molecule has 0 bridgehead atoms. The molecule has 0 spiro atoms. The van der Waals surface area contributed by atoms with Crippen molar-refractivity contribution in [3.05, 3.63) is 63.2 Å². The summed E-state index contributed by atoms with van der Waals surface area (Å²) in [6, 6.07) is 6.39. The van der Waals surface area contributed by atoms with Crippen molar-refractivity contribution in [1.82, 2.24) is 10.2 Å². The normalized spacial score (nSPS) is 19.7. The molecule has 34 heavy (non-hydrogen) atoms. The van der Waals surface area contributed by atoms with Crippen molar-refractivity contribution in [3.63, 3.8) is 0 Å². The number of aryl methyl sites for hydroxylation is 1. The quantitative estimate of drug-likeness (QED) is 0.312. The first-order valence-electron chi connectivity index (χ1n) is 10.2. The van der Waals surface area contributed by atoms with E-state index in [4.69, 9.17) is 9.15 Å². The van der Waals surface area contributed by atoms with E-state index in [0.717, 1.165) is 5.56 Å². The summed E-state index contributed by atoms with van der Waals surface area (Å²) >= 11 is 0. The molecule has 2 aromatic rings. The molecule has 1 aromatic heterocycles. The standard InChI is InChI=1S/C22H22N2O9.Na/c1-10(25)17-15-7-14(18(20(27)28)24(15)19(17)26)13-5-3-12(4-6-13)8-23-21(29)31-9-16-11(2)32-22(30)33-16;/h3-6,10,15,17,25H,7-9H2,1-2H3,(H,23,29)(H,27,28);/q;+1/p-1/t10-,15-,17-;/m1./s1. The number of nitrogens with one attached hydrogen (secondary N) is 1. The molecular weight excluding hydrogens is 459 g/mol. The zero-order valence-electron chi connectivity index (χ0n) is 18.8. The molecule has 4 rings (SSSR count). The van der Waals surface area contributed by atoms with Gasteiger partial charge in [-0.25, -0.2) is 9.59 Å². The number of aliphatic hydroxyl groups is 1. The Morgan fingerprint density at radius 1 is 1.26 bits per heavy atom. The molecule has 2 aliphatic rings. The number of carbonyl (C=O) groups excluding carboxylic acids is 3. The molecule has 2 aliphatic heterocycles. The van der Waals surface area contributed by atoms with Crippen molar-refractivity contribution in [2.75, 3.05) is 0 Å². The summed E-state index contributed by atoms with van der Waals surface area (Å²) in [5, 5.41) is 24.1. The van der Waals surface area contributed by atoms with Crippen molar-refractivity contribution in [1.29, 1.82) is 0 Å². The van der Waals surface area contributed by atoms with Gasteiger partial charge in [0.15, 0.2) is 18.1 Å². The maximum Gasteiger partial charge on any atom is 1.00 e. The maximum atomic E-state index is 12.3. The predicted molar refractivity (Wildman–Crippen MR) is 108 cm³/mol. The van der Waals surface area contributed by atoms with Gasteiger partial charge in [0, 0.05) is 6.54 Å². The molecule has 11 nitrogen and oxygen atoms in total. The van der Waals surface area contributed by atoms with Crippen LogP contribution in [0, 0.1) is 12.8 Å². The number of carboxylic acids is 1. The number of β-lactam (4-membered cyclic amide) rings is 1. The number of benzene rings is 1. The Hall–Kier alpha value is -2.86. The maximum absolute atomic E-state index is 12.3. The molecule has 0 unspecified atom stereocenters. The Morgan fingerprint density at radius 3 is 2.50 bits per heavy atom. The van der Waals surface area contributed by atoms with Crippen molar-refractivity contribution >= 4 is 23.5 Å². The molecule has 1 aromatic carbocycles. The third-order valence-corrected chi connectivity index (χ3v) is 5.83. The van der Waals surface area contributed by atoms with Crippen LogP contribution in [0.3, 0.4) is 0 Å². The Balaban J connectivity index is 0.00000324. The Morgan fingerprint density at radius 2 is 1.94 bits per heavy atom. The van der Waals surface area contributed by atoms with Gasteiger partial charge in [-0.2, -0.15) is 0 Å². The second-order valence-corrected chi connectivity index (χ2v) is 7.92. The van der Waals surface area contributed by atoms with E-state index in [1.807, 2.05) is 0 Å². The van der Waals surface area contributed by atoms with Gasteiger partial charge in [-0.05, 0) is 37.0 Å². The summed E-state index contributed by atoms with van der Waals surface area (Å²) < 4.78 is 14.4. The molecule has 1 fully saturated rings. The minimum absolute atomic E-state index is 0. The smallest absolute Gasteiger partial charge is 0.543 e. The van der Waals surface area contributed by atoms with Gasteiger partial charge < -0.3 is 38.8 Å². The predicted octanol–water partition coefficient (Wildman–Crippen LogP) is -2.96. The van der Waals surface area contributed by atoms with E-state index in [-0.39, 0.29) is 59.9 Å². The topological polar surface area (TPSA) is 162 Å². The first-order valence-corrected chi connectivity index (χ1v) is 10.2. The molecule has 0 saturated carbocycles. The van der Waals surface area contributed by atoms with Crippen LogP contribution in [-0.2, 0) is 27.5 Å². The number of hydrogen-bond donors (Lipinski definition) is 2. The van der Waals surface area contributed by atoms with E-state index in [2.05, 4.69) is 9.73 Å². The average molecular weight is 480 g/mol. The van der Waals surface area contributed by atoms with Crippen LogP contribution in [0.5, 0.6) is 0 Å². The van der Waals surface area contributed by atoms with Crippen LogP contribution in [0.25, 0.3) is 5.57 Å². The number of aliphatic hydroxyl groups excluding tert-OH is 1. The van der Waals surface area contributed by atoms with Gasteiger partial charge >= 0.3 is 41.5 Å². The number of aliphatic carboxylic acids is 1. The fourth-order valence-electron chi connectivity index (χ4n) is 4.20. The van der Waals surface area contributed by atoms with Gasteiger partial charge in [-0.3, -0.25) is 4.79 Å². The van der Waals surface area contributed by atoms with Crippen LogP contribution in [0.2, 0.25) is 0 Å². The third-order valence-electron chi connectivity index (χ3n) is 5.83. The van der Waals surface area contributed by atoms with Crippen LogP contribution >= 0.6 is 0 Å². The number of carbonyl (C=O) groups is 3. The van der Waals surface area contributed by atoms with Gasteiger partial charge in [0.05, 0.1) is 29.7 Å². The SMILES string of the molecule is Cc1oc(=O)oc1COC(=O)NCc1ccc(C2=C(C(=O)[O-])N3C(=O)[C@H]([C@@H](C)O)[C@H]3C2)cc1.[Na+]. The largest absolute Gasteiger partial charge is 1.00 e. The van der Waals surface area contributed by atoms with Gasteiger partial charge in [0.2, 0.25) is 5.91 Å². The number of nitrogens with zero attached hydrogens (tertiary/aromatic N) is 1. The number of amides is 2. The fourth-order valence-corrected chi connectivity index (χ4v) is 4.20. The van der Waals surface area contributed by atoms with E-state index in [1.165, 1.54) is 18.7 Å². The number of carboxylic acid groups (broad SMARTS) is 1. The number of alkyl carbamates (subject to hydrolysis) is 1. The first kappa shape index (κ1) is 25.8. The molecule has 1 saturated heterocycles. The summed E-state index contributed by atoms with van der Waals surface area (Å²) in [4.78, 5) is 48.1. The molecular formula is C22H21N2NaO9. The summed E-state index contributed by atoms with van der Waals surface area (Å²) in [6.07, 6.45) is -1.30. The minimum atomic E-state index is -1.44. The van der Waals surface area contributed by atoms with Crippen LogP contribution in [-0.4, -0.2) is 40.1 Å². The van der Waals surface area contributed by atoms with Crippen molar-refractivity contribution < 1.29 is 67.7 Å². The van der Waals surface area contributed by atoms with Crippen LogP contribution in [0.1, 0.15) is 36.0 Å². The van der Waals surface area contributed by atoms with Crippen molar-refractivity contribution in [2.45, 2.75) is 45.6 Å². The number of ether oxygens (including phenoxy) is 1. The van der Waals surface area contributed by atoms with Crippen molar-refractivity contribution in [3.8, 4) is 0 Å². The van der Waals surface area contributed by atoms with E-state index in [9.17, 15) is 29.4 Å². The van der Waals surface area contributed by atoms with Gasteiger partial charge in [-0.15, -0.1) is 0 Å². The molecule has 0 radical (unpaired) electrons. The Kier molecular flexibility index (Phi) is 7.71. The molecule has 12 heteroatoms. The zero-order valence-corrected chi connectivity index (χ0v) is 20.8. The zero-order chi connectivity index (χ0) is 23.9. The third kappa shape index (κ3) is 4.83. The molecule has 174 valence electrons. The molecule has 2 amide bonds. The van der Waals surface area contributed by atoms with E-state index >= 15 is 0 Å². The summed E-state index contributed by atoms with van der Waals surface area (Å²) in [7, 11) is 0. The summed E-state index contributed by atoms with van der Waals surface area (Å²) in [6.45, 7) is 2.90. The Bertz CT molecular complexity index is 1200. The fraction of sp³-hybridized carbons (Fsp3) is 0.364. The summed E-state index contributed by atoms with van der Waals surface area (Å²) in [5.41, 5.74) is 1.62. The van der Waals surface area contributed by atoms with Crippen molar-refractivity contribution in [2.24, 2.45) is 5.92 Å². The second kappa shape index (κ2) is 10.2. The molecule has 3 heterocycles. The second-order valence-electron chi connectivity index (χ2n) is 7.92. The van der Waals surface area contributed by atoms with Crippen LogP contribution < -0.4 is 45.8 Å². The monoisotopic (exact) mass is 480 g/mol.